The molecule has 3 aromatic carbocycles. The van der Waals surface area contributed by atoms with Crippen molar-refractivity contribution in [3.05, 3.63) is 106 Å². The zero-order chi connectivity index (χ0) is 33.0. The SMILES string of the molecule is Cc1cc(C)c(OC/C=C/COc2ccc(/C=C/c3ccc(F)c4c(CC5(CC(=O)O)CC5)c(C)n(CC(=O)O)c34)cc2)c(C)c1. The highest BCUT2D eigenvalue weighted by Crippen LogP contribution is 2.53. The average Bonchev–Trinajstić information content (AvgIpc) is 3.69. The summed E-state index contributed by atoms with van der Waals surface area (Å²) in [6.45, 7) is 8.48. The molecule has 2 N–H and O–H groups in total. The number of hydrogen-bond acceptors (Lipinski definition) is 4. The molecule has 0 unspecified atom stereocenters. The van der Waals surface area contributed by atoms with E-state index in [0.29, 0.717) is 53.1 Å². The molecule has 0 aliphatic heterocycles. The smallest absolute Gasteiger partial charge is 0.323 e. The molecule has 46 heavy (non-hydrogen) atoms. The molecule has 0 amide bonds. The van der Waals surface area contributed by atoms with Crippen LogP contribution in [0.4, 0.5) is 4.39 Å². The van der Waals surface area contributed by atoms with E-state index in [4.69, 9.17) is 9.47 Å². The minimum Gasteiger partial charge on any atom is -0.490 e. The maximum absolute atomic E-state index is 15.4. The van der Waals surface area contributed by atoms with Gasteiger partial charge in [0, 0.05) is 11.1 Å². The molecule has 4 aromatic rings. The van der Waals surface area contributed by atoms with Crippen molar-refractivity contribution in [1.29, 1.82) is 0 Å². The van der Waals surface area contributed by atoms with E-state index >= 15 is 4.39 Å². The molecule has 0 spiro atoms. The standard InChI is InChI=1S/C38H40FNO6/c1-24-19-25(2)37(26(3)20-24)46-18-6-5-17-45-30-12-8-28(9-13-30)7-10-29-11-14-32(39)35-31(21-38(15-16-38)22-33(41)42)27(4)40(36(29)35)23-34(43)44/h5-14,19-20H,15-18,21-23H2,1-4H3,(H,41,42)(H,43,44)/b6-5+,10-7+. The maximum atomic E-state index is 15.4. The van der Waals surface area contributed by atoms with E-state index in [1.54, 1.807) is 17.6 Å². The molecular formula is C38H40FNO6. The molecule has 1 fully saturated rings. The van der Waals surface area contributed by atoms with Crippen LogP contribution in [0.2, 0.25) is 0 Å². The highest BCUT2D eigenvalue weighted by atomic mass is 19.1. The molecule has 7 nitrogen and oxygen atoms in total. The van der Waals surface area contributed by atoms with Crippen LogP contribution in [0.1, 0.15) is 58.3 Å². The van der Waals surface area contributed by atoms with Gasteiger partial charge in [0.15, 0.2) is 0 Å². The summed E-state index contributed by atoms with van der Waals surface area (Å²) in [5.74, 6) is -0.734. The molecule has 0 saturated heterocycles. The topological polar surface area (TPSA) is 98.0 Å². The summed E-state index contributed by atoms with van der Waals surface area (Å²) >= 11 is 0. The van der Waals surface area contributed by atoms with Gasteiger partial charge in [0.25, 0.3) is 0 Å². The van der Waals surface area contributed by atoms with Gasteiger partial charge in [-0.2, -0.15) is 0 Å². The van der Waals surface area contributed by atoms with Crippen LogP contribution >= 0.6 is 0 Å². The highest BCUT2D eigenvalue weighted by Gasteiger charge is 2.45. The lowest BCUT2D eigenvalue weighted by atomic mass is 9.91. The molecule has 0 atom stereocenters. The first-order valence-electron chi connectivity index (χ1n) is 15.5. The van der Waals surface area contributed by atoms with Gasteiger partial charge < -0.3 is 24.3 Å². The van der Waals surface area contributed by atoms with E-state index in [1.165, 1.54) is 11.6 Å². The lowest BCUT2D eigenvalue weighted by Gasteiger charge is -2.13. The van der Waals surface area contributed by atoms with Gasteiger partial charge in [-0.3, -0.25) is 9.59 Å². The number of nitrogens with zero attached hydrogens (tertiary/aromatic N) is 1. The minimum absolute atomic E-state index is 0.0110. The summed E-state index contributed by atoms with van der Waals surface area (Å²) in [6, 6.07) is 14.8. The Morgan fingerprint density at radius 3 is 2.15 bits per heavy atom. The summed E-state index contributed by atoms with van der Waals surface area (Å²) in [5.41, 5.74) is 6.45. The molecule has 1 aliphatic rings. The number of carbonyl (C=O) groups is 2. The number of aromatic nitrogens is 1. The Morgan fingerprint density at radius 2 is 1.54 bits per heavy atom. The Labute approximate surface area is 268 Å². The van der Waals surface area contributed by atoms with Gasteiger partial charge in [0.05, 0.1) is 11.9 Å². The molecule has 1 heterocycles. The van der Waals surface area contributed by atoms with Crippen molar-refractivity contribution in [3.8, 4) is 11.5 Å². The van der Waals surface area contributed by atoms with E-state index in [0.717, 1.165) is 35.3 Å². The number of aryl methyl sites for hydroxylation is 3. The fourth-order valence-corrected chi connectivity index (χ4v) is 6.31. The van der Waals surface area contributed by atoms with Gasteiger partial charge in [-0.05, 0) is 117 Å². The predicted octanol–water partition coefficient (Wildman–Crippen LogP) is 8.08. The van der Waals surface area contributed by atoms with Crippen molar-refractivity contribution in [2.75, 3.05) is 13.2 Å². The maximum Gasteiger partial charge on any atom is 0.323 e. The molecular weight excluding hydrogens is 585 g/mol. The molecule has 1 aliphatic carbocycles. The lowest BCUT2D eigenvalue weighted by Crippen LogP contribution is -2.13. The molecule has 240 valence electrons. The van der Waals surface area contributed by atoms with Crippen molar-refractivity contribution in [2.45, 2.75) is 59.9 Å². The van der Waals surface area contributed by atoms with Crippen LogP contribution in [-0.4, -0.2) is 39.9 Å². The van der Waals surface area contributed by atoms with Gasteiger partial charge in [-0.25, -0.2) is 4.39 Å². The van der Waals surface area contributed by atoms with Crippen LogP contribution in [0.3, 0.4) is 0 Å². The quantitative estimate of drug-likeness (QED) is 0.109. The van der Waals surface area contributed by atoms with E-state index in [9.17, 15) is 19.8 Å². The van der Waals surface area contributed by atoms with Crippen molar-refractivity contribution >= 4 is 35.0 Å². The van der Waals surface area contributed by atoms with Crippen LogP contribution in [0.5, 0.6) is 11.5 Å². The Kier molecular flexibility index (Phi) is 9.65. The lowest BCUT2D eigenvalue weighted by molar-refractivity contribution is -0.139. The number of carboxylic acids is 2. The highest BCUT2D eigenvalue weighted by molar-refractivity contribution is 5.95. The molecule has 5 rings (SSSR count). The number of halogens is 1. The molecule has 8 heteroatoms. The number of hydrogen-bond donors (Lipinski definition) is 2. The van der Waals surface area contributed by atoms with Gasteiger partial charge in [0.2, 0.25) is 0 Å². The summed E-state index contributed by atoms with van der Waals surface area (Å²) < 4.78 is 28.8. The third-order valence-corrected chi connectivity index (χ3v) is 8.68. The molecule has 1 saturated carbocycles. The summed E-state index contributed by atoms with van der Waals surface area (Å²) in [6.07, 6.45) is 9.51. The van der Waals surface area contributed by atoms with E-state index in [-0.39, 0.29) is 13.0 Å². The summed E-state index contributed by atoms with van der Waals surface area (Å²) in [5, 5.41) is 19.4. The van der Waals surface area contributed by atoms with Gasteiger partial charge in [-0.1, -0.05) is 42.0 Å². The normalized spacial score (nSPS) is 13.9. The Hall–Kier alpha value is -4.85. The van der Waals surface area contributed by atoms with Crippen molar-refractivity contribution in [1.82, 2.24) is 4.57 Å². The van der Waals surface area contributed by atoms with E-state index < -0.39 is 23.2 Å². The zero-order valence-corrected chi connectivity index (χ0v) is 26.7. The number of fused-ring (bicyclic) bond motifs is 1. The Bertz CT molecular complexity index is 1810. The monoisotopic (exact) mass is 625 g/mol. The fourth-order valence-electron chi connectivity index (χ4n) is 6.31. The van der Waals surface area contributed by atoms with Crippen molar-refractivity contribution in [2.24, 2.45) is 5.41 Å². The third-order valence-electron chi connectivity index (χ3n) is 8.68. The van der Waals surface area contributed by atoms with Crippen molar-refractivity contribution < 1.29 is 33.7 Å². The van der Waals surface area contributed by atoms with Crippen molar-refractivity contribution in [3.63, 3.8) is 0 Å². The molecule has 0 bridgehead atoms. The minimum atomic E-state index is -1.04. The number of aliphatic carboxylic acids is 2. The predicted molar refractivity (Wildman–Crippen MR) is 178 cm³/mol. The van der Waals surface area contributed by atoms with Crippen LogP contribution in [0, 0.1) is 38.9 Å². The first-order chi connectivity index (χ1) is 22.0. The van der Waals surface area contributed by atoms with E-state index in [1.807, 2.05) is 62.4 Å². The van der Waals surface area contributed by atoms with Crippen LogP contribution in [-0.2, 0) is 22.6 Å². The second kappa shape index (κ2) is 13.6. The fraction of sp³-hybridized carbons (Fsp3) is 0.316. The van der Waals surface area contributed by atoms with Crippen LogP contribution in [0.15, 0.2) is 60.7 Å². The zero-order valence-electron chi connectivity index (χ0n) is 26.7. The Balaban J connectivity index is 1.28. The first kappa shape index (κ1) is 32.5. The van der Waals surface area contributed by atoms with Gasteiger partial charge in [0.1, 0.15) is 37.1 Å². The summed E-state index contributed by atoms with van der Waals surface area (Å²) in [4.78, 5) is 23.3. The number of rotatable bonds is 14. The molecule has 1 aromatic heterocycles. The third kappa shape index (κ3) is 7.50. The number of ether oxygens (including phenoxy) is 2. The van der Waals surface area contributed by atoms with Gasteiger partial charge >= 0.3 is 11.9 Å². The first-order valence-corrected chi connectivity index (χ1v) is 15.5. The Morgan fingerprint density at radius 1 is 0.891 bits per heavy atom. The van der Waals surface area contributed by atoms with Gasteiger partial charge in [-0.15, -0.1) is 0 Å². The second-order valence-corrected chi connectivity index (χ2v) is 12.4. The second-order valence-electron chi connectivity index (χ2n) is 12.4. The number of benzene rings is 3. The number of carboxylic acid groups (broad SMARTS) is 2. The van der Waals surface area contributed by atoms with Crippen LogP contribution in [0.25, 0.3) is 23.1 Å². The summed E-state index contributed by atoms with van der Waals surface area (Å²) in [7, 11) is 0. The van der Waals surface area contributed by atoms with Crippen LogP contribution < -0.4 is 9.47 Å². The molecule has 0 radical (unpaired) electrons. The largest absolute Gasteiger partial charge is 0.490 e. The average molecular weight is 626 g/mol. The van der Waals surface area contributed by atoms with E-state index in [2.05, 4.69) is 19.1 Å².